The number of amides is 2. The molecule has 7 heteroatoms. The zero-order valence-corrected chi connectivity index (χ0v) is 15.9. The molecule has 2 aromatic rings. The second kappa shape index (κ2) is 8.84. The van der Waals surface area contributed by atoms with Crippen molar-refractivity contribution in [3.63, 3.8) is 0 Å². The summed E-state index contributed by atoms with van der Waals surface area (Å²) in [7, 11) is 0. The molecule has 0 aromatic heterocycles. The van der Waals surface area contributed by atoms with Crippen molar-refractivity contribution < 1.29 is 18.7 Å². The van der Waals surface area contributed by atoms with Crippen LogP contribution >= 0.6 is 0 Å². The quantitative estimate of drug-likeness (QED) is 0.829. The first-order valence-corrected chi connectivity index (χ1v) is 9.35. The van der Waals surface area contributed by atoms with E-state index in [1.165, 1.54) is 23.1 Å². The Balaban J connectivity index is 1.74. The second-order valence-electron chi connectivity index (χ2n) is 6.63. The van der Waals surface area contributed by atoms with Crippen molar-refractivity contribution in [2.24, 2.45) is 5.73 Å². The number of likely N-dealkylation sites (N-methyl/N-ethyl adjacent to an activating group) is 1. The first-order valence-electron chi connectivity index (χ1n) is 9.35. The molecular weight excluding hydrogens is 361 g/mol. The summed E-state index contributed by atoms with van der Waals surface area (Å²) in [6.45, 7) is 3.85. The standard InChI is InChI=1S/C21H24FN3O3/c1-2-24-11-12-25(14-20(24)26)21(27)18-13-17(7-8-19(18)22)28-16-5-3-15(4-6-16)9-10-23/h3-8,13H,2,9-12,14,23H2,1H3. The highest BCUT2D eigenvalue weighted by atomic mass is 19.1. The molecule has 0 radical (unpaired) electrons. The van der Waals surface area contributed by atoms with Crippen molar-refractivity contribution in [1.29, 1.82) is 0 Å². The van der Waals surface area contributed by atoms with Gasteiger partial charge in [-0.3, -0.25) is 9.59 Å². The maximum absolute atomic E-state index is 14.3. The van der Waals surface area contributed by atoms with E-state index in [4.69, 9.17) is 10.5 Å². The Morgan fingerprint density at radius 1 is 1.14 bits per heavy atom. The number of carbonyl (C=O) groups excluding carboxylic acids is 2. The van der Waals surface area contributed by atoms with Gasteiger partial charge in [-0.1, -0.05) is 12.1 Å². The zero-order valence-electron chi connectivity index (χ0n) is 15.9. The first-order chi connectivity index (χ1) is 13.5. The maximum Gasteiger partial charge on any atom is 0.257 e. The third kappa shape index (κ3) is 4.48. The smallest absolute Gasteiger partial charge is 0.257 e. The lowest BCUT2D eigenvalue weighted by atomic mass is 10.1. The lowest BCUT2D eigenvalue weighted by Gasteiger charge is -2.33. The number of rotatable bonds is 6. The van der Waals surface area contributed by atoms with Crippen molar-refractivity contribution >= 4 is 11.8 Å². The van der Waals surface area contributed by atoms with E-state index in [1.807, 2.05) is 19.1 Å². The van der Waals surface area contributed by atoms with E-state index < -0.39 is 11.7 Å². The van der Waals surface area contributed by atoms with Crippen LogP contribution in [0.5, 0.6) is 11.5 Å². The molecule has 0 unspecified atom stereocenters. The number of benzene rings is 2. The topological polar surface area (TPSA) is 75.9 Å². The van der Waals surface area contributed by atoms with Crippen LogP contribution in [-0.4, -0.2) is 54.3 Å². The van der Waals surface area contributed by atoms with Crippen LogP contribution in [0, 0.1) is 5.82 Å². The summed E-state index contributed by atoms with van der Waals surface area (Å²) in [6, 6.07) is 11.5. The summed E-state index contributed by atoms with van der Waals surface area (Å²) in [5.41, 5.74) is 6.54. The molecule has 0 saturated carbocycles. The van der Waals surface area contributed by atoms with Gasteiger partial charge < -0.3 is 20.3 Å². The van der Waals surface area contributed by atoms with E-state index in [0.29, 0.717) is 37.7 Å². The number of halogens is 1. The molecule has 2 amide bonds. The lowest BCUT2D eigenvalue weighted by Crippen LogP contribution is -2.52. The number of ether oxygens (including phenoxy) is 1. The molecule has 2 aromatic carbocycles. The van der Waals surface area contributed by atoms with Gasteiger partial charge >= 0.3 is 0 Å². The van der Waals surface area contributed by atoms with Gasteiger partial charge in [0.25, 0.3) is 5.91 Å². The Kier molecular flexibility index (Phi) is 6.26. The van der Waals surface area contributed by atoms with E-state index >= 15 is 0 Å². The Morgan fingerprint density at radius 3 is 2.50 bits per heavy atom. The summed E-state index contributed by atoms with van der Waals surface area (Å²) in [5.74, 6) is -0.341. The first kappa shape index (κ1) is 19.8. The number of hydrogen-bond donors (Lipinski definition) is 1. The molecule has 0 aliphatic carbocycles. The Hall–Kier alpha value is -2.93. The molecule has 3 rings (SSSR count). The number of hydrogen-bond acceptors (Lipinski definition) is 4. The van der Waals surface area contributed by atoms with Gasteiger partial charge in [0.05, 0.1) is 5.56 Å². The normalized spacial score (nSPS) is 14.3. The van der Waals surface area contributed by atoms with Crippen molar-refractivity contribution in [2.45, 2.75) is 13.3 Å². The molecule has 148 valence electrons. The SMILES string of the molecule is CCN1CCN(C(=O)c2cc(Oc3ccc(CCN)cc3)ccc2F)CC1=O. The Bertz CT molecular complexity index is 854. The molecule has 1 fully saturated rings. The molecular formula is C21H24FN3O3. The van der Waals surface area contributed by atoms with Crippen molar-refractivity contribution in [3.05, 3.63) is 59.4 Å². The molecule has 0 atom stereocenters. The highest BCUT2D eigenvalue weighted by Gasteiger charge is 2.28. The fraction of sp³-hybridized carbons (Fsp3) is 0.333. The van der Waals surface area contributed by atoms with E-state index in [0.717, 1.165) is 12.0 Å². The number of nitrogens with zero attached hydrogens (tertiary/aromatic N) is 2. The van der Waals surface area contributed by atoms with Crippen LogP contribution in [0.1, 0.15) is 22.8 Å². The largest absolute Gasteiger partial charge is 0.457 e. The lowest BCUT2D eigenvalue weighted by molar-refractivity contribution is -0.134. The molecule has 1 saturated heterocycles. The van der Waals surface area contributed by atoms with Gasteiger partial charge in [0.2, 0.25) is 5.91 Å². The van der Waals surface area contributed by atoms with E-state index in [1.54, 1.807) is 17.0 Å². The van der Waals surface area contributed by atoms with Crippen LogP contribution in [0.25, 0.3) is 0 Å². The summed E-state index contributed by atoms with van der Waals surface area (Å²) in [5, 5.41) is 0. The van der Waals surface area contributed by atoms with Crippen LogP contribution in [-0.2, 0) is 11.2 Å². The highest BCUT2D eigenvalue weighted by molar-refractivity contribution is 5.97. The van der Waals surface area contributed by atoms with Crippen LogP contribution in [0.2, 0.25) is 0 Å². The summed E-state index contributed by atoms with van der Waals surface area (Å²) in [6.07, 6.45) is 0.777. The van der Waals surface area contributed by atoms with E-state index in [9.17, 15) is 14.0 Å². The monoisotopic (exact) mass is 385 g/mol. The van der Waals surface area contributed by atoms with Crippen LogP contribution in [0.3, 0.4) is 0 Å². The Morgan fingerprint density at radius 2 is 1.86 bits per heavy atom. The van der Waals surface area contributed by atoms with Crippen LogP contribution in [0.15, 0.2) is 42.5 Å². The van der Waals surface area contributed by atoms with E-state index in [-0.39, 0.29) is 18.0 Å². The van der Waals surface area contributed by atoms with Gasteiger partial charge in [-0.25, -0.2) is 4.39 Å². The minimum absolute atomic E-state index is 0.0419. The minimum Gasteiger partial charge on any atom is -0.457 e. The fourth-order valence-electron chi connectivity index (χ4n) is 3.15. The van der Waals surface area contributed by atoms with Crippen molar-refractivity contribution in [2.75, 3.05) is 32.7 Å². The molecule has 1 heterocycles. The van der Waals surface area contributed by atoms with Gasteiger partial charge in [0, 0.05) is 19.6 Å². The van der Waals surface area contributed by atoms with Gasteiger partial charge in [0.1, 0.15) is 23.9 Å². The molecule has 28 heavy (non-hydrogen) atoms. The van der Waals surface area contributed by atoms with Crippen molar-refractivity contribution in [1.82, 2.24) is 9.80 Å². The molecule has 0 spiro atoms. The molecule has 1 aliphatic rings. The van der Waals surface area contributed by atoms with Gasteiger partial charge in [-0.05, 0) is 55.8 Å². The number of nitrogens with two attached hydrogens (primary N) is 1. The van der Waals surface area contributed by atoms with Crippen LogP contribution in [0.4, 0.5) is 4.39 Å². The zero-order chi connectivity index (χ0) is 20.1. The number of carbonyl (C=O) groups is 2. The third-order valence-corrected chi connectivity index (χ3v) is 4.75. The molecule has 6 nitrogen and oxygen atoms in total. The van der Waals surface area contributed by atoms with Crippen LogP contribution < -0.4 is 10.5 Å². The van der Waals surface area contributed by atoms with E-state index in [2.05, 4.69) is 0 Å². The molecule has 2 N–H and O–H groups in total. The van der Waals surface area contributed by atoms with Crippen molar-refractivity contribution in [3.8, 4) is 11.5 Å². The molecule has 1 aliphatic heterocycles. The number of piperazine rings is 1. The van der Waals surface area contributed by atoms with Gasteiger partial charge in [0.15, 0.2) is 0 Å². The molecule has 0 bridgehead atoms. The second-order valence-corrected chi connectivity index (χ2v) is 6.63. The fourth-order valence-corrected chi connectivity index (χ4v) is 3.15. The Labute approximate surface area is 163 Å². The predicted octanol–water partition coefficient (Wildman–Crippen LogP) is 2.42. The summed E-state index contributed by atoms with van der Waals surface area (Å²) < 4.78 is 20.0. The summed E-state index contributed by atoms with van der Waals surface area (Å²) in [4.78, 5) is 27.8. The van der Waals surface area contributed by atoms with Gasteiger partial charge in [-0.2, -0.15) is 0 Å². The highest BCUT2D eigenvalue weighted by Crippen LogP contribution is 2.25. The third-order valence-electron chi connectivity index (χ3n) is 4.75. The predicted molar refractivity (Wildman–Crippen MR) is 104 cm³/mol. The average Bonchev–Trinajstić information content (AvgIpc) is 2.70. The average molecular weight is 385 g/mol. The van der Waals surface area contributed by atoms with Gasteiger partial charge in [-0.15, -0.1) is 0 Å². The maximum atomic E-state index is 14.3. The minimum atomic E-state index is -0.638. The summed E-state index contributed by atoms with van der Waals surface area (Å²) >= 11 is 0.